The number of anilines is 1. The Bertz CT molecular complexity index is 949. The lowest BCUT2D eigenvalue weighted by atomic mass is 9.94. The van der Waals surface area contributed by atoms with Gasteiger partial charge in [-0.15, -0.1) is 0 Å². The number of hydrogen-bond donors (Lipinski definition) is 1. The Morgan fingerprint density at radius 1 is 1.27 bits per heavy atom. The fourth-order valence-electron chi connectivity index (χ4n) is 4.97. The highest BCUT2D eigenvalue weighted by Gasteiger charge is 2.60. The number of amides is 2. The summed E-state index contributed by atoms with van der Waals surface area (Å²) in [6.07, 6.45) is 4.32. The molecule has 3 fully saturated rings. The molecule has 0 bridgehead atoms. The molecule has 2 saturated heterocycles. The molecular weight excluding hydrogens is 380 g/mol. The second kappa shape index (κ2) is 7.40. The largest absolute Gasteiger partial charge is 0.442 e. The van der Waals surface area contributed by atoms with Crippen LogP contribution in [0, 0.1) is 5.92 Å². The number of rotatable bonds is 6. The van der Waals surface area contributed by atoms with Gasteiger partial charge in [0, 0.05) is 50.1 Å². The van der Waals surface area contributed by atoms with Crippen LogP contribution in [0.5, 0.6) is 0 Å². The van der Waals surface area contributed by atoms with Crippen molar-refractivity contribution in [1.82, 2.24) is 15.2 Å². The van der Waals surface area contributed by atoms with Crippen LogP contribution in [0.25, 0.3) is 0 Å². The van der Waals surface area contributed by atoms with Crippen molar-refractivity contribution in [3.63, 3.8) is 0 Å². The summed E-state index contributed by atoms with van der Waals surface area (Å²) in [6.45, 7) is 5.38. The average Bonchev–Trinajstić information content (AvgIpc) is 3.11. The van der Waals surface area contributed by atoms with Crippen LogP contribution in [0.3, 0.4) is 0 Å². The molecule has 1 aromatic carbocycles. The second-order valence-corrected chi connectivity index (χ2v) is 8.69. The molecule has 3 heterocycles. The van der Waals surface area contributed by atoms with Crippen molar-refractivity contribution >= 4 is 17.7 Å². The van der Waals surface area contributed by atoms with E-state index in [1.807, 2.05) is 30.6 Å². The maximum atomic E-state index is 12.2. The standard InChI is InChI=1S/C23H26N4O3/c1-16(28)25-11-21-14-27(22(29)30-21)20-6-4-18(5-7-20)23-9-19(23)13-26(15-23)12-17-3-2-8-24-10-17/h2-8,10,19,21H,9,11-15H2,1H3,(H,25,28). The van der Waals surface area contributed by atoms with Gasteiger partial charge in [-0.2, -0.15) is 0 Å². The van der Waals surface area contributed by atoms with Crippen molar-refractivity contribution in [2.24, 2.45) is 5.92 Å². The molecule has 1 N–H and O–H groups in total. The number of likely N-dealkylation sites (tertiary alicyclic amines) is 1. The minimum atomic E-state index is -0.357. The summed E-state index contributed by atoms with van der Waals surface area (Å²) >= 11 is 0. The van der Waals surface area contributed by atoms with E-state index in [0.717, 1.165) is 25.3 Å². The predicted molar refractivity (Wildman–Crippen MR) is 112 cm³/mol. The van der Waals surface area contributed by atoms with E-state index in [0.29, 0.717) is 19.0 Å². The van der Waals surface area contributed by atoms with Crippen LogP contribution in [0.15, 0.2) is 48.8 Å². The van der Waals surface area contributed by atoms with Gasteiger partial charge in [0.05, 0.1) is 13.1 Å². The lowest BCUT2D eigenvalue weighted by molar-refractivity contribution is -0.119. The molecule has 30 heavy (non-hydrogen) atoms. The number of ether oxygens (including phenoxy) is 1. The summed E-state index contributed by atoms with van der Waals surface area (Å²) < 4.78 is 5.37. The molecule has 1 saturated carbocycles. The van der Waals surface area contributed by atoms with E-state index in [1.54, 1.807) is 4.90 Å². The highest BCUT2D eigenvalue weighted by atomic mass is 16.6. The van der Waals surface area contributed by atoms with Gasteiger partial charge in [0.1, 0.15) is 6.10 Å². The molecular formula is C23H26N4O3. The summed E-state index contributed by atoms with van der Waals surface area (Å²) in [5.41, 5.74) is 3.70. The Morgan fingerprint density at radius 3 is 2.83 bits per heavy atom. The van der Waals surface area contributed by atoms with Gasteiger partial charge in [-0.3, -0.25) is 19.6 Å². The smallest absolute Gasteiger partial charge is 0.414 e. The molecule has 7 nitrogen and oxygen atoms in total. The van der Waals surface area contributed by atoms with E-state index in [2.05, 4.69) is 33.4 Å². The van der Waals surface area contributed by atoms with Gasteiger partial charge in [0.25, 0.3) is 0 Å². The fraction of sp³-hybridized carbons (Fsp3) is 0.435. The number of nitrogens with zero attached hydrogens (tertiary/aromatic N) is 3. The number of pyridine rings is 1. The van der Waals surface area contributed by atoms with Gasteiger partial charge in [-0.05, 0) is 41.7 Å². The predicted octanol–water partition coefficient (Wildman–Crippen LogP) is 2.32. The highest BCUT2D eigenvalue weighted by Crippen LogP contribution is 2.59. The Labute approximate surface area is 176 Å². The molecule has 0 spiro atoms. The number of carbonyl (C=O) groups is 2. The number of cyclic esters (lactones) is 1. The third-order valence-electron chi connectivity index (χ3n) is 6.55. The first-order valence-corrected chi connectivity index (χ1v) is 10.5. The fourth-order valence-corrected chi connectivity index (χ4v) is 4.97. The SMILES string of the molecule is CC(=O)NCC1CN(c2ccc(C34CC3CN(Cc3cccnc3)C4)cc2)C(=O)O1. The number of fused-ring (bicyclic) bond motifs is 1. The minimum Gasteiger partial charge on any atom is -0.442 e. The number of carbonyl (C=O) groups excluding carboxylic acids is 2. The Morgan fingerprint density at radius 2 is 2.10 bits per heavy atom. The molecule has 0 radical (unpaired) electrons. The van der Waals surface area contributed by atoms with Crippen LogP contribution in [-0.4, -0.2) is 54.2 Å². The van der Waals surface area contributed by atoms with Crippen molar-refractivity contribution in [3.8, 4) is 0 Å². The third-order valence-corrected chi connectivity index (χ3v) is 6.55. The lowest BCUT2D eigenvalue weighted by Crippen LogP contribution is -2.33. The van der Waals surface area contributed by atoms with Crippen molar-refractivity contribution in [1.29, 1.82) is 0 Å². The molecule has 1 aromatic heterocycles. The van der Waals surface area contributed by atoms with Gasteiger partial charge in [-0.25, -0.2) is 4.79 Å². The molecule has 3 aliphatic rings. The second-order valence-electron chi connectivity index (χ2n) is 8.69. The third kappa shape index (κ3) is 3.54. The summed E-state index contributed by atoms with van der Waals surface area (Å²) in [4.78, 5) is 31.7. The van der Waals surface area contributed by atoms with Gasteiger partial charge < -0.3 is 10.1 Å². The van der Waals surface area contributed by atoms with E-state index in [-0.39, 0.29) is 23.5 Å². The molecule has 3 atom stereocenters. The normalized spacial score (nSPS) is 27.6. The number of benzene rings is 1. The van der Waals surface area contributed by atoms with E-state index in [9.17, 15) is 9.59 Å². The van der Waals surface area contributed by atoms with Crippen molar-refractivity contribution in [2.75, 3.05) is 31.1 Å². The van der Waals surface area contributed by atoms with Crippen LogP contribution >= 0.6 is 0 Å². The van der Waals surface area contributed by atoms with E-state index in [4.69, 9.17) is 4.74 Å². The molecule has 2 amide bonds. The number of nitrogens with one attached hydrogen (secondary N) is 1. The van der Waals surface area contributed by atoms with E-state index < -0.39 is 0 Å². The maximum Gasteiger partial charge on any atom is 0.414 e. The van der Waals surface area contributed by atoms with Crippen molar-refractivity contribution in [3.05, 3.63) is 59.9 Å². The van der Waals surface area contributed by atoms with Crippen molar-refractivity contribution < 1.29 is 14.3 Å². The van der Waals surface area contributed by atoms with Crippen LogP contribution in [-0.2, 0) is 21.5 Å². The van der Waals surface area contributed by atoms with Crippen LogP contribution in [0.4, 0.5) is 10.5 Å². The molecule has 2 aromatic rings. The zero-order chi connectivity index (χ0) is 20.7. The number of hydrogen-bond acceptors (Lipinski definition) is 5. The van der Waals surface area contributed by atoms with Gasteiger partial charge in [-0.1, -0.05) is 18.2 Å². The van der Waals surface area contributed by atoms with Gasteiger partial charge in [0.15, 0.2) is 0 Å². The molecule has 7 heteroatoms. The zero-order valence-corrected chi connectivity index (χ0v) is 17.1. The highest BCUT2D eigenvalue weighted by molar-refractivity contribution is 5.89. The van der Waals surface area contributed by atoms with Gasteiger partial charge >= 0.3 is 6.09 Å². The van der Waals surface area contributed by atoms with Gasteiger partial charge in [0.2, 0.25) is 5.91 Å². The summed E-state index contributed by atoms with van der Waals surface area (Å²) in [5.74, 6) is 0.583. The first kappa shape index (κ1) is 19.1. The minimum absolute atomic E-state index is 0.124. The molecule has 5 rings (SSSR count). The topological polar surface area (TPSA) is 74.8 Å². The molecule has 1 aliphatic carbocycles. The quantitative estimate of drug-likeness (QED) is 0.797. The lowest BCUT2D eigenvalue weighted by Gasteiger charge is -2.21. The van der Waals surface area contributed by atoms with Crippen LogP contribution in [0.2, 0.25) is 0 Å². The summed E-state index contributed by atoms with van der Waals surface area (Å²) in [7, 11) is 0. The Hall–Kier alpha value is -2.93. The summed E-state index contributed by atoms with van der Waals surface area (Å²) in [6, 6.07) is 12.5. The van der Waals surface area contributed by atoms with Crippen LogP contribution < -0.4 is 10.2 Å². The van der Waals surface area contributed by atoms with E-state index in [1.165, 1.54) is 24.5 Å². The zero-order valence-electron chi connectivity index (χ0n) is 17.1. The van der Waals surface area contributed by atoms with Crippen molar-refractivity contribution in [2.45, 2.75) is 31.4 Å². The number of aromatic nitrogens is 1. The molecule has 156 valence electrons. The molecule has 2 aliphatic heterocycles. The average molecular weight is 406 g/mol. The monoisotopic (exact) mass is 406 g/mol. The maximum absolute atomic E-state index is 12.2. The molecule has 3 unspecified atom stereocenters. The number of piperidine rings is 1. The van der Waals surface area contributed by atoms with Crippen LogP contribution in [0.1, 0.15) is 24.5 Å². The van der Waals surface area contributed by atoms with E-state index >= 15 is 0 Å². The first-order chi connectivity index (χ1) is 14.5. The Kier molecular flexibility index (Phi) is 4.70. The Balaban J connectivity index is 1.23. The first-order valence-electron chi connectivity index (χ1n) is 10.5. The summed E-state index contributed by atoms with van der Waals surface area (Å²) in [5, 5.41) is 2.71.